The van der Waals surface area contributed by atoms with E-state index in [1.54, 1.807) is 31.2 Å². The molecule has 1 aliphatic rings. The standard InChI is InChI=1S/C24H23N3O5/c1-2-32-24(31)20(13-15-14-25-19-10-6-5-7-16(15)19)26-21(28)11-12-27-22(29)17-8-3-4-9-18(17)23(27)30/h3-10,14,20,25H,2,11-13H2,1H3,(H,26,28). The van der Waals surface area contributed by atoms with Crippen molar-refractivity contribution in [3.8, 4) is 0 Å². The first-order valence-corrected chi connectivity index (χ1v) is 10.5. The molecule has 8 nitrogen and oxygen atoms in total. The Bertz CT molecular complexity index is 1160. The highest BCUT2D eigenvalue weighted by molar-refractivity contribution is 6.21. The van der Waals surface area contributed by atoms with Crippen LogP contribution in [0.1, 0.15) is 39.6 Å². The van der Waals surface area contributed by atoms with Gasteiger partial charge in [0.25, 0.3) is 11.8 Å². The van der Waals surface area contributed by atoms with Crippen LogP contribution in [0.2, 0.25) is 0 Å². The molecule has 0 bridgehead atoms. The number of aromatic amines is 1. The minimum absolute atomic E-state index is 0.0686. The van der Waals surface area contributed by atoms with Crippen LogP contribution in [0.4, 0.5) is 0 Å². The van der Waals surface area contributed by atoms with Gasteiger partial charge in [0.1, 0.15) is 6.04 Å². The van der Waals surface area contributed by atoms with Crippen LogP contribution in [0.25, 0.3) is 10.9 Å². The topological polar surface area (TPSA) is 109 Å². The molecule has 2 heterocycles. The third kappa shape index (κ3) is 4.12. The minimum Gasteiger partial charge on any atom is -0.464 e. The Kier molecular flexibility index (Phi) is 6.02. The van der Waals surface area contributed by atoms with E-state index in [4.69, 9.17) is 4.74 Å². The largest absolute Gasteiger partial charge is 0.464 e. The summed E-state index contributed by atoms with van der Waals surface area (Å²) in [6, 6.07) is 13.4. The van der Waals surface area contributed by atoms with E-state index in [1.165, 1.54) is 0 Å². The third-order valence-electron chi connectivity index (χ3n) is 5.45. The summed E-state index contributed by atoms with van der Waals surface area (Å²) in [6.07, 6.45) is 1.94. The lowest BCUT2D eigenvalue weighted by Gasteiger charge is -2.18. The van der Waals surface area contributed by atoms with Gasteiger partial charge >= 0.3 is 5.97 Å². The van der Waals surface area contributed by atoms with Crippen LogP contribution in [-0.4, -0.2) is 52.8 Å². The quantitative estimate of drug-likeness (QED) is 0.419. The van der Waals surface area contributed by atoms with Crippen molar-refractivity contribution in [2.75, 3.05) is 13.2 Å². The number of hydrogen-bond acceptors (Lipinski definition) is 5. The average molecular weight is 433 g/mol. The first-order chi connectivity index (χ1) is 15.5. The van der Waals surface area contributed by atoms with Gasteiger partial charge in [0, 0.05) is 36.5 Å². The first kappa shape index (κ1) is 21.3. The van der Waals surface area contributed by atoms with Crippen molar-refractivity contribution >= 4 is 34.6 Å². The average Bonchev–Trinajstić information content (AvgIpc) is 3.31. The van der Waals surface area contributed by atoms with Crippen LogP contribution < -0.4 is 5.32 Å². The summed E-state index contributed by atoms with van der Waals surface area (Å²) >= 11 is 0. The summed E-state index contributed by atoms with van der Waals surface area (Å²) in [5.41, 5.74) is 2.48. The van der Waals surface area contributed by atoms with Crippen LogP contribution in [0.5, 0.6) is 0 Å². The van der Waals surface area contributed by atoms with Gasteiger partial charge in [-0.05, 0) is 30.7 Å². The Labute approximate surface area is 184 Å². The normalized spacial score (nSPS) is 13.8. The molecule has 0 fully saturated rings. The van der Waals surface area contributed by atoms with E-state index in [9.17, 15) is 19.2 Å². The van der Waals surface area contributed by atoms with Gasteiger partial charge in [0.15, 0.2) is 0 Å². The zero-order valence-electron chi connectivity index (χ0n) is 17.6. The zero-order valence-corrected chi connectivity index (χ0v) is 17.6. The Morgan fingerprint density at radius 2 is 1.69 bits per heavy atom. The van der Waals surface area contributed by atoms with E-state index >= 15 is 0 Å². The molecule has 8 heteroatoms. The highest BCUT2D eigenvalue weighted by Gasteiger charge is 2.35. The first-order valence-electron chi connectivity index (χ1n) is 10.5. The molecule has 1 aromatic heterocycles. The molecule has 3 amide bonds. The Morgan fingerprint density at radius 3 is 2.38 bits per heavy atom. The molecule has 1 atom stereocenters. The zero-order chi connectivity index (χ0) is 22.7. The lowest BCUT2D eigenvalue weighted by molar-refractivity contribution is -0.147. The van der Waals surface area contributed by atoms with Crippen molar-refractivity contribution in [3.05, 3.63) is 71.4 Å². The summed E-state index contributed by atoms with van der Waals surface area (Å²) in [5.74, 6) is -1.82. The third-order valence-corrected chi connectivity index (χ3v) is 5.45. The molecule has 1 aliphatic heterocycles. The molecule has 4 rings (SSSR count). The second-order valence-electron chi connectivity index (χ2n) is 7.49. The van der Waals surface area contributed by atoms with E-state index in [2.05, 4.69) is 10.3 Å². The number of carbonyl (C=O) groups excluding carboxylic acids is 4. The van der Waals surface area contributed by atoms with Crippen molar-refractivity contribution in [1.29, 1.82) is 0 Å². The molecule has 32 heavy (non-hydrogen) atoms. The van der Waals surface area contributed by atoms with Crippen LogP contribution in [0, 0.1) is 0 Å². The number of rotatable bonds is 8. The molecule has 0 radical (unpaired) electrons. The molecule has 164 valence electrons. The lowest BCUT2D eigenvalue weighted by atomic mass is 10.0. The maximum absolute atomic E-state index is 12.6. The van der Waals surface area contributed by atoms with Gasteiger partial charge in [-0.15, -0.1) is 0 Å². The highest BCUT2D eigenvalue weighted by atomic mass is 16.5. The maximum Gasteiger partial charge on any atom is 0.328 e. The number of H-pyrrole nitrogens is 1. The number of fused-ring (bicyclic) bond motifs is 2. The predicted molar refractivity (Wildman–Crippen MR) is 117 cm³/mol. The molecular formula is C24H23N3O5. The SMILES string of the molecule is CCOC(=O)C(Cc1c[nH]c2ccccc12)NC(=O)CCN1C(=O)c2ccccc2C1=O. The number of imide groups is 1. The van der Waals surface area contributed by atoms with Crippen molar-refractivity contribution in [2.24, 2.45) is 0 Å². The van der Waals surface area contributed by atoms with Gasteiger partial charge in [0.2, 0.25) is 5.91 Å². The summed E-state index contributed by atoms with van der Waals surface area (Å²) in [7, 11) is 0. The summed E-state index contributed by atoms with van der Waals surface area (Å²) in [5, 5.41) is 3.66. The number of aromatic nitrogens is 1. The summed E-state index contributed by atoms with van der Waals surface area (Å²) in [6.45, 7) is 1.82. The minimum atomic E-state index is -0.885. The van der Waals surface area contributed by atoms with Crippen molar-refractivity contribution < 1.29 is 23.9 Å². The number of hydrogen-bond donors (Lipinski definition) is 2. The molecule has 0 saturated heterocycles. The molecule has 0 saturated carbocycles. The second-order valence-corrected chi connectivity index (χ2v) is 7.49. The molecule has 2 aromatic carbocycles. The van der Waals surface area contributed by atoms with Crippen molar-refractivity contribution in [3.63, 3.8) is 0 Å². The van der Waals surface area contributed by atoms with Crippen LogP contribution in [0.3, 0.4) is 0 Å². The number of esters is 1. The molecule has 3 aromatic rings. The number of nitrogens with one attached hydrogen (secondary N) is 2. The summed E-state index contributed by atoms with van der Waals surface area (Å²) in [4.78, 5) is 54.3. The van der Waals surface area contributed by atoms with Crippen molar-refractivity contribution in [1.82, 2.24) is 15.2 Å². The van der Waals surface area contributed by atoms with Gasteiger partial charge in [-0.1, -0.05) is 30.3 Å². The number of carbonyl (C=O) groups is 4. The molecule has 0 spiro atoms. The van der Waals surface area contributed by atoms with Gasteiger partial charge in [-0.3, -0.25) is 19.3 Å². The molecule has 2 N–H and O–H groups in total. The van der Waals surface area contributed by atoms with Gasteiger partial charge in [-0.2, -0.15) is 0 Å². The molecular weight excluding hydrogens is 410 g/mol. The van der Waals surface area contributed by atoms with E-state index in [0.29, 0.717) is 11.1 Å². The Hall–Kier alpha value is -3.94. The summed E-state index contributed by atoms with van der Waals surface area (Å²) < 4.78 is 5.14. The smallest absolute Gasteiger partial charge is 0.328 e. The fourth-order valence-corrected chi connectivity index (χ4v) is 3.88. The molecule has 0 aliphatic carbocycles. The predicted octanol–water partition coefficient (Wildman–Crippen LogP) is 2.44. The van der Waals surface area contributed by atoms with E-state index in [0.717, 1.165) is 21.4 Å². The number of benzene rings is 2. The Balaban J connectivity index is 1.42. The van der Waals surface area contributed by atoms with E-state index < -0.39 is 29.7 Å². The van der Waals surface area contributed by atoms with Crippen LogP contribution in [-0.2, 0) is 20.7 Å². The van der Waals surface area contributed by atoms with Crippen molar-refractivity contribution in [2.45, 2.75) is 25.8 Å². The number of amides is 3. The van der Waals surface area contributed by atoms with E-state index in [-0.39, 0.29) is 26.0 Å². The Morgan fingerprint density at radius 1 is 1.03 bits per heavy atom. The fraction of sp³-hybridized carbons (Fsp3) is 0.250. The van der Waals surface area contributed by atoms with Gasteiger partial charge < -0.3 is 15.0 Å². The van der Waals surface area contributed by atoms with Gasteiger partial charge in [0.05, 0.1) is 17.7 Å². The highest BCUT2D eigenvalue weighted by Crippen LogP contribution is 2.23. The van der Waals surface area contributed by atoms with E-state index in [1.807, 2.05) is 30.5 Å². The second kappa shape index (κ2) is 9.05. The van der Waals surface area contributed by atoms with Crippen LogP contribution in [0.15, 0.2) is 54.7 Å². The maximum atomic E-state index is 12.6. The number of para-hydroxylation sites is 1. The van der Waals surface area contributed by atoms with Gasteiger partial charge in [-0.25, -0.2) is 4.79 Å². The number of nitrogens with zero attached hydrogens (tertiary/aromatic N) is 1. The molecule has 1 unspecified atom stereocenters. The van der Waals surface area contributed by atoms with Crippen LogP contribution >= 0.6 is 0 Å². The fourth-order valence-electron chi connectivity index (χ4n) is 3.88. The number of ether oxygens (including phenoxy) is 1. The lowest BCUT2D eigenvalue weighted by Crippen LogP contribution is -2.44. The monoisotopic (exact) mass is 433 g/mol.